The van der Waals surface area contributed by atoms with E-state index in [1.54, 1.807) is 23.2 Å². The van der Waals surface area contributed by atoms with Crippen molar-refractivity contribution in [3.63, 3.8) is 0 Å². The SMILES string of the molecule is CN(c1ccccc1)c1nc(N)nc(-c2noc(-c3cccnc3C(=O)NCC3CC3)n2)n1. The summed E-state index contributed by atoms with van der Waals surface area (Å²) in [7, 11) is 1.82. The highest BCUT2D eigenvalue weighted by Crippen LogP contribution is 2.28. The van der Waals surface area contributed by atoms with E-state index in [0.717, 1.165) is 18.5 Å². The predicted molar refractivity (Wildman–Crippen MR) is 120 cm³/mol. The molecule has 166 valence electrons. The average Bonchev–Trinajstić information content (AvgIpc) is 3.55. The lowest BCUT2D eigenvalue weighted by atomic mass is 10.2. The van der Waals surface area contributed by atoms with Gasteiger partial charge in [-0.25, -0.2) is 0 Å². The van der Waals surface area contributed by atoms with E-state index in [9.17, 15) is 4.79 Å². The Labute approximate surface area is 189 Å². The second-order valence-electron chi connectivity index (χ2n) is 7.69. The molecule has 4 aromatic rings. The van der Waals surface area contributed by atoms with E-state index in [0.29, 0.717) is 24.0 Å². The van der Waals surface area contributed by atoms with Crippen molar-refractivity contribution < 1.29 is 9.32 Å². The molecule has 11 heteroatoms. The van der Waals surface area contributed by atoms with Crippen molar-refractivity contribution in [3.05, 3.63) is 54.4 Å². The quantitative estimate of drug-likeness (QED) is 0.436. The lowest BCUT2D eigenvalue weighted by Crippen LogP contribution is -2.27. The van der Waals surface area contributed by atoms with Crippen LogP contribution in [0.1, 0.15) is 23.3 Å². The summed E-state index contributed by atoms with van der Waals surface area (Å²) in [4.78, 5) is 35.8. The Bertz CT molecular complexity index is 1290. The summed E-state index contributed by atoms with van der Waals surface area (Å²) in [5.41, 5.74) is 7.43. The Kier molecular flexibility index (Phi) is 5.35. The lowest BCUT2D eigenvalue weighted by molar-refractivity contribution is 0.0947. The monoisotopic (exact) mass is 443 g/mol. The van der Waals surface area contributed by atoms with Gasteiger partial charge in [0, 0.05) is 25.5 Å². The van der Waals surface area contributed by atoms with E-state index < -0.39 is 0 Å². The van der Waals surface area contributed by atoms with Gasteiger partial charge < -0.3 is 20.5 Å². The summed E-state index contributed by atoms with van der Waals surface area (Å²) in [6, 6.07) is 13.0. The standard InChI is InChI=1S/C22H21N9O2/c1-31(14-6-3-2-4-7-14)22-28-17(27-21(23)29-22)18-26-20(33-30-18)15-8-5-11-24-16(15)19(32)25-12-13-9-10-13/h2-8,11,13H,9-10,12H2,1H3,(H,25,32)(H2,23,27,28,29). The Morgan fingerprint density at radius 3 is 2.70 bits per heavy atom. The van der Waals surface area contributed by atoms with Crippen LogP contribution in [0.5, 0.6) is 0 Å². The van der Waals surface area contributed by atoms with Crippen molar-refractivity contribution in [2.45, 2.75) is 12.8 Å². The molecule has 3 aromatic heterocycles. The third-order valence-corrected chi connectivity index (χ3v) is 5.21. The second kappa shape index (κ2) is 8.61. The molecule has 1 aliphatic carbocycles. The van der Waals surface area contributed by atoms with Crippen LogP contribution in [0, 0.1) is 5.92 Å². The minimum atomic E-state index is -0.284. The molecular weight excluding hydrogens is 422 g/mol. The molecule has 0 radical (unpaired) electrons. The fraction of sp³-hybridized carbons (Fsp3) is 0.227. The molecular formula is C22H21N9O2. The highest BCUT2D eigenvalue weighted by Gasteiger charge is 2.25. The van der Waals surface area contributed by atoms with Gasteiger partial charge in [0.25, 0.3) is 11.8 Å². The number of nitrogens with two attached hydrogens (primary N) is 1. The van der Waals surface area contributed by atoms with E-state index in [4.69, 9.17) is 10.3 Å². The van der Waals surface area contributed by atoms with E-state index in [1.807, 2.05) is 37.4 Å². The number of nitrogen functional groups attached to an aromatic ring is 1. The Morgan fingerprint density at radius 2 is 1.91 bits per heavy atom. The van der Waals surface area contributed by atoms with Crippen LogP contribution in [0.2, 0.25) is 0 Å². The van der Waals surface area contributed by atoms with Crippen LogP contribution >= 0.6 is 0 Å². The first kappa shape index (κ1) is 20.5. The molecule has 0 saturated heterocycles. The van der Waals surface area contributed by atoms with Gasteiger partial charge in [0.2, 0.25) is 23.5 Å². The van der Waals surface area contributed by atoms with Gasteiger partial charge >= 0.3 is 0 Å². The van der Waals surface area contributed by atoms with Crippen molar-refractivity contribution in [2.24, 2.45) is 5.92 Å². The van der Waals surface area contributed by atoms with Gasteiger partial charge in [0.05, 0.1) is 5.56 Å². The van der Waals surface area contributed by atoms with Crippen LogP contribution < -0.4 is 16.0 Å². The minimum Gasteiger partial charge on any atom is -0.368 e. The molecule has 1 saturated carbocycles. The second-order valence-corrected chi connectivity index (χ2v) is 7.69. The van der Waals surface area contributed by atoms with E-state index in [2.05, 4.69) is 35.4 Å². The maximum absolute atomic E-state index is 12.6. The normalized spacial score (nSPS) is 13.0. The molecule has 33 heavy (non-hydrogen) atoms. The number of hydrogen-bond acceptors (Lipinski definition) is 10. The van der Waals surface area contributed by atoms with E-state index in [-0.39, 0.29) is 35.1 Å². The zero-order valence-corrected chi connectivity index (χ0v) is 17.8. The fourth-order valence-corrected chi connectivity index (χ4v) is 3.22. The van der Waals surface area contributed by atoms with Crippen molar-refractivity contribution in [2.75, 3.05) is 24.2 Å². The van der Waals surface area contributed by atoms with Crippen LogP contribution in [0.3, 0.4) is 0 Å². The Balaban J connectivity index is 1.44. The van der Waals surface area contributed by atoms with Gasteiger partial charge in [-0.15, -0.1) is 0 Å². The summed E-state index contributed by atoms with van der Waals surface area (Å²) < 4.78 is 5.42. The fourth-order valence-electron chi connectivity index (χ4n) is 3.22. The molecule has 0 aliphatic heterocycles. The number of carbonyl (C=O) groups excluding carboxylic acids is 1. The third kappa shape index (κ3) is 4.47. The molecule has 11 nitrogen and oxygen atoms in total. The number of carbonyl (C=O) groups is 1. The third-order valence-electron chi connectivity index (χ3n) is 5.21. The van der Waals surface area contributed by atoms with Gasteiger partial charge in [-0.05, 0) is 43.0 Å². The number of nitrogens with zero attached hydrogens (tertiary/aromatic N) is 7. The molecule has 1 fully saturated rings. The first-order valence-electron chi connectivity index (χ1n) is 10.5. The summed E-state index contributed by atoms with van der Waals surface area (Å²) in [5.74, 6) is 1.02. The molecule has 1 aromatic carbocycles. The maximum atomic E-state index is 12.6. The molecule has 0 spiro atoms. The summed E-state index contributed by atoms with van der Waals surface area (Å²) in [5, 5.41) is 6.90. The number of aromatic nitrogens is 6. The number of amides is 1. The van der Waals surface area contributed by atoms with Crippen molar-refractivity contribution >= 4 is 23.5 Å². The van der Waals surface area contributed by atoms with E-state index >= 15 is 0 Å². The zero-order valence-electron chi connectivity index (χ0n) is 17.8. The first-order valence-corrected chi connectivity index (χ1v) is 10.5. The van der Waals surface area contributed by atoms with Crippen LogP contribution in [0.4, 0.5) is 17.6 Å². The predicted octanol–water partition coefficient (Wildman–Crippen LogP) is 2.47. The molecule has 0 unspecified atom stereocenters. The number of anilines is 3. The topological polar surface area (TPSA) is 149 Å². The van der Waals surface area contributed by atoms with Crippen LogP contribution in [0.25, 0.3) is 23.1 Å². The molecule has 5 rings (SSSR count). The zero-order chi connectivity index (χ0) is 22.8. The molecule has 0 bridgehead atoms. The average molecular weight is 443 g/mol. The summed E-state index contributed by atoms with van der Waals surface area (Å²) >= 11 is 0. The van der Waals surface area contributed by atoms with Gasteiger partial charge in [-0.2, -0.15) is 19.9 Å². The number of hydrogen-bond donors (Lipinski definition) is 2. The number of rotatable bonds is 7. The highest BCUT2D eigenvalue weighted by atomic mass is 16.5. The van der Waals surface area contributed by atoms with Gasteiger partial charge in [-0.3, -0.25) is 9.78 Å². The van der Waals surface area contributed by atoms with Gasteiger partial charge in [0.1, 0.15) is 5.69 Å². The Morgan fingerprint density at radius 1 is 1.09 bits per heavy atom. The number of benzene rings is 1. The van der Waals surface area contributed by atoms with Gasteiger partial charge in [0.15, 0.2) is 0 Å². The largest absolute Gasteiger partial charge is 0.368 e. The van der Waals surface area contributed by atoms with Crippen LogP contribution in [-0.2, 0) is 0 Å². The van der Waals surface area contributed by atoms with Crippen LogP contribution in [-0.4, -0.2) is 49.6 Å². The smallest absolute Gasteiger partial charge is 0.270 e. The highest BCUT2D eigenvalue weighted by molar-refractivity contribution is 5.98. The van der Waals surface area contributed by atoms with Crippen molar-refractivity contribution in [1.82, 2.24) is 35.4 Å². The van der Waals surface area contributed by atoms with Crippen molar-refractivity contribution in [1.29, 1.82) is 0 Å². The van der Waals surface area contributed by atoms with Gasteiger partial charge in [-0.1, -0.05) is 23.4 Å². The maximum Gasteiger partial charge on any atom is 0.270 e. The summed E-state index contributed by atoms with van der Waals surface area (Å²) in [6.07, 6.45) is 3.82. The lowest BCUT2D eigenvalue weighted by Gasteiger charge is -2.17. The first-order chi connectivity index (χ1) is 16.1. The number of para-hydroxylation sites is 1. The number of pyridine rings is 1. The Hall–Kier alpha value is -4.41. The number of nitrogens with one attached hydrogen (secondary N) is 1. The van der Waals surface area contributed by atoms with Crippen molar-refractivity contribution in [3.8, 4) is 23.1 Å². The molecule has 1 aliphatic rings. The van der Waals surface area contributed by atoms with E-state index in [1.165, 1.54) is 0 Å². The molecule has 3 N–H and O–H groups in total. The molecule has 3 heterocycles. The van der Waals surface area contributed by atoms with Crippen LogP contribution in [0.15, 0.2) is 53.2 Å². The molecule has 0 atom stereocenters. The molecule has 1 amide bonds. The summed E-state index contributed by atoms with van der Waals surface area (Å²) in [6.45, 7) is 0.631. The minimum absolute atomic E-state index is 0.0191.